The standard InChI is InChI=1S/C18H23NO5/c1-10(2)17-18(22)19(9-16(21)23-11(3)4)14-8-13(12(5)20)6-7-15(14)24-17/h6-8,10-11,17H,9H2,1-5H3. The van der Waals surface area contributed by atoms with Crippen molar-refractivity contribution in [3.8, 4) is 5.75 Å². The van der Waals surface area contributed by atoms with Crippen LogP contribution in [0.3, 0.4) is 0 Å². The van der Waals surface area contributed by atoms with Gasteiger partial charge in [-0.15, -0.1) is 0 Å². The van der Waals surface area contributed by atoms with Crippen molar-refractivity contribution in [2.75, 3.05) is 11.4 Å². The Bertz CT molecular complexity index is 665. The molecule has 2 rings (SSSR count). The fourth-order valence-corrected chi connectivity index (χ4v) is 2.52. The summed E-state index contributed by atoms with van der Waals surface area (Å²) in [6, 6.07) is 4.89. The van der Waals surface area contributed by atoms with Crippen LogP contribution in [-0.4, -0.2) is 36.4 Å². The molecule has 6 heteroatoms. The van der Waals surface area contributed by atoms with Crippen molar-refractivity contribution >= 4 is 23.3 Å². The molecule has 24 heavy (non-hydrogen) atoms. The van der Waals surface area contributed by atoms with E-state index < -0.39 is 12.1 Å². The first-order valence-corrected chi connectivity index (χ1v) is 8.03. The van der Waals surface area contributed by atoms with E-state index in [0.29, 0.717) is 17.0 Å². The van der Waals surface area contributed by atoms with Gasteiger partial charge in [0.2, 0.25) is 0 Å². The summed E-state index contributed by atoms with van der Waals surface area (Å²) in [5.74, 6) is -0.501. The molecule has 1 aliphatic heterocycles. The van der Waals surface area contributed by atoms with Crippen LogP contribution in [0, 0.1) is 5.92 Å². The van der Waals surface area contributed by atoms with E-state index in [1.165, 1.54) is 11.8 Å². The van der Waals surface area contributed by atoms with E-state index in [0.717, 1.165) is 0 Å². The van der Waals surface area contributed by atoms with E-state index in [1.807, 2.05) is 13.8 Å². The van der Waals surface area contributed by atoms with E-state index in [9.17, 15) is 14.4 Å². The minimum Gasteiger partial charge on any atom is -0.478 e. The molecular formula is C18H23NO5. The lowest BCUT2D eigenvalue weighted by Gasteiger charge is -2.35. The van der Waals surface area contributed by atoms with Crippen molar-refractivity contribution in [2.24, 2.45) is 5.92 Å². The molecule has 0 N–H and O–H groups in total. The van der Waals surface area contributed by atoms with Gasteiger partial charge in [0.05, 0.1) is 11.8 Å². The fourth-order valence-electron chi connectivity index (χ4n) is 2.52. The van der Waals surface area contributed by atoms with Crippen molar-refractivity contribution in [3.05, 3.63) is 23.8 Å². The second-order valence-electron chi connectivity index (χ2n) is 6.48. The second-order valence-corrected chi connectivity index (χ2v) is 6.48. The Balaban J connectivity index is 2.41. The Labute approximate surface area is 141 Å². The lowest BCUT2D eigenvalue weighted by Crippen LogP contribution is -2.50. The number of rotatable bonds is 5. The van der Waals surface area contributed by atoms with E-state index in [1.54, 1.807) is 32.0 Å². The molecule has 1 amide bonds. The molecule has 0 aliphatic carbocycles. The maximum atomic E-state index is 12.7. The Kier molecular flexibility index (Phi) is 5.26. The van der Waals surface area contributed by atoms with Crippen LogP contribution in [0.4, 0.5) is 5.69 Å². The third-order valence-electron chi connectivity index (χ3n) is 3.68. The lowest BCUT2D eigenvalue weighted by atomic mass is 10.0. The van der Waals surface area contributed by atoms with Crippen LogP contribution in [-0.2, 0) is 14.3 Å². The van der Waals surface area contributed by atoms with Gasteiger partial charge in [-0.25, -0.2) is 0 Å². The summed E-state index contributed by atoms with van der Waals surface area (Å²) in [6.45, 7) is 8.49. The average molecular weight is 333 g/mol. The SMILES string of the molecule is CC(=O)c1ccc2c(c1)N(CC(=O)OC(C)C)C(=O)C(C(C)C)O2. The lowest BCUT2D eigenvalue weighted by molar-refractivity contribution is -0.147. The summed E-state index contributed by atoms with van der Waals surface area (Å²) in [7, 11) is 0. The maximum Gasteiger partial charge on any atom is 0.326 e. The number of anilines is 1. The number of carbonyl (C=O) groups excluding carboxylic acids is 3. The van der Waals surface area contributed by atoms with Gasteiger partial charge < -0.3 is 9.47 Å². The van der Waals surface area contributed by atoms with E-state index in [-0.39, 0.29) is 30.3 Å². The number of ketones is 1. The monoisotopic (exact) mass is 333 g/mol. The molecule has 1 unspecified atom stereocenters. The third-order valence-corrected chi connectivity index (χ3v) is 3.68. The number of amides is 1. The normalized spacial score (nSPS) is 16.9. The van der Waals surface area contributed by atoms with E-state index in [4.69, 9.17) is 9.47 Å². The molecule has 1 heterocycles. The highest BCUT2D eigenvalue weighted by Gasteiger charge is 2.37. The molecule has 1 atom stereocenters. The van der Waals surface area contributed by atoms with Crippen LogP contribution in [0.25, 0.3) is 0 Å². The second kappa shape index (κ2) is 7.03. The van der Waals surface area contributed by atoms with Gasteiger partial charge in [0.25, 0.3) is 5.91 Å². The topological polar surface area (TPSA) is 72.9 Å². The van der Waals surface area contributed by atoms with Crippen molar-refractivity contribution in [2.45, 2.75) is 46.8 Å². The number of Topliss-reactive ketones (excluding diaryl/α,β-unsaturated/α-hetero) is 1. The molecule has 1 aliphatic rings. The highest BCUT2D eigenvalue weighted by atomic mass is 16.5. The Morgan fingerprint density at radius 1 is 1.25 bits per heavy atom. The van der Waals surface area contributed by atoms with Crippen LogP contribution in [0.5, 0.6) is 5.75 Å². The first-order chi connectivity index (χ1) is 11.2. The molecule has 0 saturated heterocycles. The number of hydrogen-bond donors (Lipinski definition) is 0. The first kappa shape index (κ1) is 18.0. The molecule has 6 nitrogen and oxygen atoms in total. The van der Waals surface area contributed by atoms with Gasteiger partial charge in [0.15, 0.2) is 11.9 Å². The Morgan fingerprint density at radius 2 is 1.92 bits per heavy atom. The summed E-state index contributed by atoms with van der Waals surface area (Å²) in [5, 5.41) is 0. The fraction of sp³-hybridized carbons (Fsp3) is 0.500. The van der Waals surface area contributed by atoms with Crippen LogP contribution >= 0.6 is 0 Å². The molecule has 1 aromatic rings. The average Bonchev–Trinajstić information content (AvgIpc) is 2.48. The van der Waals surface area contributed by atoms with Crippen molar-refractivity contribution in [3.63, 3.8) is 0 Å². The quantitative estimate of drug-likeness (QED) is 0.612. The molecule has 0 aromatic heterocycles. The van der Waals surface area contributed by atoms with E-state index >= 15 is 0 Å². The third kappa shape index (κ3) is 3.75. The number of benzene rings is 1. The van der Waals surface area contributed by atoms with Gasteiger partial charge in [0, 0.05) is 5.56 Å². The van der Waals surface area contributed by atoms with Crippen LogP contribution in [0.1, 0.15) is 45.0 Å². The predicted octanol–water partition coefficient (Wildman–Crippen LogP) is 2.59. The minimum atomic E-state index is -0.674. The number of fused-ring (bicyclic) bond motifs is 1. The summed E-state index contributed by atoms with van der Waals surface area (Å²) in [5.41, 5.74) is 0.876. The predicted molar refractivity (Wildman–Crippen MR) is 89.3 cm³/mol. The summed E-state index contributed by atoms with van der Waals surface area (Å²) in [6.07, 6.45) is -0.940. The minimum absolute atomic E-state index is 0.0539. The molecule has 0 fully saturated rings. The van der Waals surface area contributed by atoms with Gasteiger partial charge in [-0.1, -0.05) is 13.8 Å². The zero-order valence-electron chi connectivity index (χ0n) is 14.7. The number of nitrogens with zero attached hydrogens (tertiary/aromatic N) is 1. The number of carbonyl (C=O) groups is 3. The van der Waals surface area contributed by atoms with Crippen LogP contribution in [0.2, 0.25) is 0 Å². The molecule has 130 valence electrons. The molecule has 0 bridgehead atoms. The van der Waals surface area contributed by atoms with E-state index in [2.05, 4.69) is 0 Å². The van der Waals surface area contributed by atoms with Crippen molar-refractivity contribution in [1.29, 1.82) is 0 Å². The molecule has 0 spiro atoms. The molecule has 0 radical (unpaired) electrons. The Morgan fingerprint density at radius 3 is 2.46 bits per heavy atom. The van der Waals surface area contributed by atoms with Gasteiger partial charge in [0.1, 0.15) is 12.3 Å². The number of ether oxygens (including phenoxy) is 2. The highest BCUT2D eigenvalue weighted by molar-refractivity contribution is 6.05. The molecular weight excluding hydrogens is 310 g/mol. The molecule has 0 saturated carbocycles. The van der Waals surface area contributed by atoms with Gasteiger partial charge in [-0.2, -0.15) is 0 Å². The van der Waals surface area contributed by atoms with Crippen molar-refractivity contribution in [1.82, 2.24) is 0 Å². The summed E-state index contributed by atoms with van der Waals surface area (Å²) < 4.78 is 10.9. The van der Waals surface area contributed by atoms with Gasteiger partial charge >= 0.3 is 5.97 Å². The zero-order valence-corrected chi connectivity index (χ0v) is 14.7. The summed E-state index contributed by atoms with van der Waals surface area (Å²) in [4.78, 5) is 37.8. The molecule has 1 aromatic carbocycles. The van der Waals surface area contributed by atoms with Crippen LogP contribution < -0.4 is 9.64 Å². The zero-order chi connectivity index (χ0) is 18.0. The summed E-state index contributed by atoms with van der Waals surface area (Å²) >= 11 is 0. The first-order valence-electron chi connectivity index (χ1n) is 8.03. The maximum absolute atomic E-state index is 12.7. The van der Waals surface area contributed by atoms with Gasteiger partial charge in [-0.05, 0) is 44.9 Å². The largest absolute Gasteiger partial charge is 0.478 e. The number of esters is 1. The number of hydrogen-bond acceptors (Lipinski definition) is 5. The Hall–Kier alpha value is -2.37. The van der Waals surface area contributed by atoms with Crippen molar-refractivity contribution < 1.29 is 23.9 Å². The van der Waals surface area contributed by atoms with Gasteiger partial charge in [-0.3, -0.25) is 19.3 Å². The highest BCUT2D eigenvalue weighted by Crippen LogP contribution is 2.36. The smallest absolute Gasteiger partial charge is 0.326 e. The van der Waals surface area contributed by atoms with Crippen LogP contribution in [0.15, 0.2) is 18.2 Å².